The molecule has 0 aliphatic carbocycles. The molecule has 6 nitrogen and oxygen atoms in total. The van der Waals surface area contributed by atoms with Crippen molar-refractivity contribution in [1.82, 2.24) is 5.32 Å². The van der Waals surface area contributed by atoms with E-state index in [1.165, 1.54) is 0 Å². The van der Waals surface area contributed by atoms with Crippen LogP contribution in [0.1, 0.15) is 15.2 Å². The molecule has 0 radical (unpaired) electrons. The number of benzene rings is 2. The number of para-hydroxylation sites is 1. The fourth-order valence-electron chi connectivity index (χ4n) is 2.46. The Hall–Kier alpha value is -3.34. The summed E-state index contributed by atoms with van der Waals surface area (Å²) in [6.45, 7) is 0. The number of imide groups is 1. The maximum atomic E-state index is 12.6. The van der Waals surface area contributed by atoms with Gasteiger partial charge in [-0.25, -0.2) is 4.79 Å². The molecule has 0 atom stereocenters. The van der Waals surface area contributed by atoms with Gasteiger partial charge < -0.3 is 11.1 Å². The van der Waals surface area contributed by atoms with Crippen molar-refractivity contribution in [1.29, 1.82) is 5.26 Å². The van der Waals surface area contributed by atoms with Gasteiger partial charge in [0.15, 0.2) is 0 Å². The van der Waals surface area contributed by atoms with Crippen LogP contribution in [0.25, 0.3) is 11.1 Å². The van der Waals surface area contributed by atoms with Gasteiger partial charge in [-0.05, 0) is 29.8 Å². The second-order valence-electron chi connectivity index (χ2n) is 5.44. The topological polar surface area (TPSA) is 108 Å². The molecule has 3 rings (SSSR count). The van der Waals surface area contributed by atoms with E-state index in [0.29, 0.717) is 21.8 Å². The molecule has 3 amide bonds. The summed E-state index contributed by atoms with van der Waals surface area (Å²) >= 11 is 6.86. The highest BCUT2D eigenvalue weighted by atomic mass is 35.5. The quantitative estimate of drug-likeness (QED) is 0.606. The molecule has 1 heterocycles. The van der Waals surface area contributed by atoms with E-state index in [0.717, 1.165) is 11.3 Å². The van der Waals surface area contributed by atoms with Gasteiger partial charge in [0, 0.05) is 16.3 Å². The number of nitrogen functional groups attached to an aromatic ring is 1. The van der Waals surface area contributed by atoms with E-state index >= 15 is 0 Å². The maximum absolute atomic E-state index is 12.6. The van der Waals surface area contributed by atoms with Gasteiger partial charge in [-0.2, -0.15) is 5.26 Å². The highest BCUT2D eigenvalue weighted by molar-refractivity contribution is 7.18. The molecule has 134 valence electrons. The Morgan fingerprint density at radius 1 is 1.07 bits per heavy atom. The molecule has 2 aromatic carbocycles. The number of thiophene rings is 1. The van der Waals surface area contributed by atoms with Crippen molar-refractivity contribution in [3.8, 4) is 17.2 Å². The Kier molecular flexibility index (Phi) is 5.41. The third-order valence-electron chi connectivity index (χ3n) is 3.65. The summed E-state index contributed by atoms with van der Waals surface area (Å²) in [6, 6.07) is 16.7. The number of amides is 3. The molecular formula is C19H13ClN4O2S. The van der Waals surface area contributed by atoms with Gasteiger partial charge in [0.05, 0.1) is 5.56 Å². The number of anilines is 2. The Balaban J connectivity index is 1.89. The first-order chi connectivity index (χ1) is 13.0. The average Bonchev–Trinajstić information content (AvgIpc) is 2.99. The zero-order chi connectivity index (χ0) is 19.4. The molecule has 0 fully saturated rings. The van der Waals surface area contributed by atoms with Crippen LogP contribution in [0.5, 0.6) is 0 Å². The molecule has 8 heteroatoms. The zero-order valence-electron chi connectivity index (χ0n) is 13.8. The number of hydrogen-bond donors (Lipinski definition) is 3. The number of urea groups is 1. The number of nitriles is 1. The van der Waals surface area contributed by atoms with Crippen LogP contribution in [0.2, 0.25) is 5.02 Å². The molecule has 3 aromatic rings. The highest BCUT2D eigenvalue weighted by Gasteiger charge is 2.24. The third kappa shape index (κ3) is 4.08. The molecular weight excluding hydrogens is 384 g/mol. The molecule has 0 aliphatic rings. The van der Waals surface area contributed by atoms with Gasteiger partial charge in [-0.15, -0.1) is 11.3 Å². The van der Waals surface area contributed by atoms with Gasteiger partial charge in [0.1, 0.15) is 15.9 Å². The predicted octanol–water partition coefficient (Wildman–Crippen LogP) is 4.48. The lowest BCUT2D eigenvalue weighted by atomic mass is 10.0. The number of hydrogen-bond acceptors (Lipinski definition) is 5. The zero-order valence-corrected chi connectivity index (χ0v) is 15.4. The SMILES string of the molecule is N#Cc1c(N)sc(C(=O)NC(=O)Nc2ccccc2)c1-c1ccc(Cl)cc1. The summed E-state index contributed by atoms with van der Waals surface area (Å²) in [5.74, 6) is -0.647. The van der Waals surface area contributed by atoms with Gasteiger partial charge >= 0.3 is 6.03 Å². The summed E-state index contributed by atoms with van der Waals surface area (Å²) in [7, 11) is 0. The van der Waals surface area contributed by atoms with Crippen LogP contribution < -0.4 is 16.4 Å². The number of carbonyl (C=O) groups is 2. The van der Waals surface area contributed by atoms with E-state index in [2.05, 4.69) is 10.6 Å². The normalized spacial score (nSPS) is 10.1. The van der Waals surface area contributed by atoms with Crippen LogP contribution in [0.4, 0.5) is 15.5 Å². The van der Waals surface area contributed by atoms with Crippen molar-refractivity contribution in [3.63, 3.8) is 0 Å². The Morgan fingerprint density at radius 2 is 1.74 bits per heavy atom. The molecule has 27 heavy (non-hydrogen) atoms. The summed E-state index contributed by atoms with van der Waals surface area (Å²) in [6.07, 6.45) is 0. The molecule has 0 saturated carbocycles. The lowest BCUT2D eigenvalue weighted by Crippen LogP contribution is -2.34. The van der Waals surface area contributed by atoms with Crippen LogP contribution >= 0.6 is 22.9 Å². The number of nitrogens with two attached hydrogens (primary N) is 1. The highest BCUT2D eigenvalue weighted by Crippen LogP contribution is 2.38. The number of halogens is 1. The summed E-state index contributed by atoms with van der Waals surface area (Å²) in [5, 5.41) is 15.0. The maximum Gasteiger partial charge on any atom is 0.326 e. The van der Waals surface area contributed by atoms with Crippen molar-refractivity contribution in [3.05, 3.63) is 70.1 Å². The van der Waals surface area contributed by atoms with Gasteiger partial charge in [0.2, 0.25) is 0 Å². The lowest BCUT2D eigenvalue weighted by molar-refractivity contribution is 0.0971. The Bertz CT molecular complexity index is 1040. The van der Waals surface area contributed by atoms with Crippen LogP contribution in [-0.4, -0.2) is 11.9 Å². The summed E-state index contributed by atoms with van der Waals surface area (Å²) < 4.78 is 0. The third-order valence-corrected chi connectivity index (χ3v) is 4.91. The van der Waals surface area contributed by atoms with E-state index < -0.39 is 11.9 Å². The largest absolute Gasteiger partial charge is 0.389 e. The average molecular weight is 397 g/mol. The lowest BCUT2D eigenvalue weighted by Gasteiger charge is -2.08. The molecule has 0 bridgehead atoms. The van der Waals surface area contributed by atoms with Crippen LogP contribution in [0.15, 0.2) is 54.6 Å². The van der Waals surface area contributed by atoms with E-state index in [1.807, 2.05) is 12.1 Å². The van der Waals surface area contributed by atoms with Crippen LogP contribution in [-0.2, 0) is 0 Å². The van der Waals surface area contributed by atoms with Gasteiger partial charge in [0.25, 0.3) is 5.91 Å². The Morgan fingerprint density at radius 3 is 2.37 bits per heavy atom. The molecule has 1 aromatic heterocycles. The van der Waals surface area contributed by atoms with E-state index in [4.69, 9.17) is 17.3 Å². The number of rotatable bonds is 3. The van der Waals surface area contributed by atoms with Gasteiger partial charge in [-0.3, -0.25) is 10.1 Å². The molecule has 0 saturated heterocycles. The number of carbonyl (C=O) groups excluding carboxylic acids is 2. The fraction of sp³-hybridized carbons (Fsp3) is 0. The molecule has 4 N–H and O–H groups in total. The summed E-state index contributed by atoms with van der Waals surface area (Å²) in [5.41, 5.74) is 7.62. The van der Waals surface area contributed by atoms with Crippen LogP contribution in [0.3, 0.4) is 0 Å². The first kappa shape index (κ1) is 18.5. The number of nitrogens with zero attached hydrogens (tertiary/aromatic N) is 1. The Labute approximate surface area is 164 Å². The van der Waals surface area contributed by atoms with Crippen molar-refractivity contribution in [2.75, 3.05) is 11.1 Å². The monoisotopic (exact) mass is 396 g/mol. The smallest absolute Gasteiger partial charge is 0.326 e. The van der Waals surface area contributed by atoms with E-state index in [-0.39, 0.29) is 15.4 Å². The second-order valence-corrected chi connectivity index (χ2v) is 6.93. The minimum absolute atomic E-state index is 0.176. The van der Waals surface area contributed by atoms with Gasteiger partial charge in [-0.1, -0.05) is 41.9 Å². The minimum atomic E-state index is -0.682. The van der Waals surface area contributed by atoms with E-state index in [1.54, 1.807) is 48.5 Å². The van der Waals surface area contributed by atoms with Crippen molar-refractivity contribution in [2.24, 2.45) is 0 Å². The van der Waals surface area contributed by atoms with Crippen LogP contribution in [0, 0.1) is 11.3 Å². The van der Waals surface area contributed by atoms with Crippen molar-refractivity contribution < 1.29 is 9.59 Å². The fourth-order valence-corrected chi connectivity index (χ4v) is 3.52. The first-order valence-corrected chi connectivity index (χ1v) is 8.94. The van der Waals surface area contributed by atoms with Crippen molar-refractivity contribution in [2.45, 2.75) is 0 Å². The van der Waals surface area contributed by atoms with E-state index in [9.17, 15) is 14.9 Å². The summed E-state index contributed by atoms with van der Waals surface area (Å²) in [4.78, 5) is 24.9. The molecule has 0 unspecified atom stereocenters. The first-order valence-electron chi connectivity index (χ1n) is 7.75. The minimum Gasteiger partial charge on any atom is -0.389 e. The standard InChI is InChI=1S/C19H13ClN4O2S/c20-12-8-6-11(7-9-12)15-14(10-21)17(22)27-16(15)18(25)24-19(26)23-13-4-2-1-3-5-13/h1-9H,22H2,(H2,23,24,25,26). The molecule has 0 spiro atoms. The number of nitrogens with one attached hydrogen (secondary N) is 2. The van der Waals surface area contributed by atoms with Crippen molar-refractivity contribution >= 4 is 45.6 Å². The predicted molar refractivity (Wildman–Crippen MR) is 107 cm³/mol. The molecule has 0 aliphatic heterocycles. The second kappa shape index (κ2) is 7.91.